The molecule has 1 unspecified atom stereocenters. The van der Waals surface area contributed by atoms with Gasteiger partial charge in [0.2, 0.25) is 0 Å². The minimum absolute atomic E-state index is 0.440. The standard InChI is InChI=1S/C19H27N3O2S/c1-5-20-19(21-12-14(2)17-10-7-11-25-17)22-13-15-8-6-9-16(23-3)18(15)24-4/h6-11,14H,5,12-13H2,1-4H3,(H2,20,21,22). The van der Waals surface area contributed by atoms with Crippen LogP contribution in [-0.4, -0.2) is 33.3 Å². The summed E-state index contributed by atoms with van der Waals surface area (Å²) in [4.78, 5) is 6.06. The summed E-state index contributed by atoms with van der Waals surface area (Å²) >= 11 is 1.78. The van der Waals surface area contributed by atoms with Crippen LogP contribution in [-0.2, 0) is 6.54 Å². The minimum atomic E-state index is 0.440. The van der Waals surface area contributed by atoms with Crippen LogP contribution in [0.2, 0.25) is 0 Å². The molecule has 1 atom stereocenters. The molecule has 2 aromatic rings. The van der Waals surface area contributed by atoms with Crippen molar-refractivity contribution < 1.29 is 9.47 Å². The molecule has 2 rings (SSSR count). The molecular formula is C19H27N3O2S. The molecule has 6 heteroatoms. The number of ether oxygens (including phenoxy) is 2. The van der Waals surface area contributed by atoms with E-state index in [9.17, 15) is 0 Å². The van der Waals surface area contributed by atoms with Crippen LogP contribution >= 0.6 is 11.3 Å². The van der Waals surface area contributed by atoms with Crippen LogP contribution in [0.5, 0.6) is 11.5 Å². The lowest BCUT2D eigenvalue weighted by molar-refractivity contribution is 0.352. The van der Waals surface area contributed by atoms with E-state index in [-0.39, 0.29) is 0 Å². The summed E-state index contributed by atoms with van der Waals surface area (Å²) < 4.78 is 10.8. The number of aliphatic imine (C=N–C) groups is 1. The lowest BCUT2D eigenvalue weighted by Crippen LogP contribution is -2.39. The molecule has 0 bridgehead atoms. The molecule has 1 aromatic heterocycles. The summed E-state index contributed by atoms with van der Waals surface area (Å²) in [7, 11) is 3.29. The quantitative estimate of drug-likeness (QED) is 0.557. The maximum Gasteiger partial charge on any atom is 0.191 e. The van der Waals surface area contributed by atoms with Crippen LogP contribution in [0.3, 0.4) is 0 Å². The van der Waals surface area contributed by atoms with Gasteiger partial charge in [-0.25, -0.2) is 4.99 Å². The zero-order valence-electron chi connectivity index (χ0n) is 15.3. The molecule has 0 aliphatic carbocycles. The normalized spacial score (nSPS) is 12.6. The van der Waals surface area contributed by atoms with Crippen LogP contribution in [0.4, 0.5) is 0 Å². The maximum absolute atomic E-state index is 5.47. The van der Waals surface area contributed by atoms with E-state index in [1.165, 1.54) is 4.88 Å². The fourth-order valence-electron chi connectivity index (χ4n) is 2.51. The Labute approximate surface area is 154 Å². The van der Waals surface area contributed by atoms with Crippen LogP contribution in [0, 0.1) is 0 Å². The highest BCUT2D eigenvalue weighted by atomic mass is 32.1. The van der Waals surface area contributed by atoms with E-state index in [4.69, 9.17) is 9.47 Å². The van der Waals surface area contributed by atoms with Crippen molar-refractivity contribution in [2.75, 3.05) is 27.3 Å². The third-order valence-corrected chi connectivity index (χ3v) is 4.94. The Hall–Kier alpha value is -2.21. The number of para-hydroxylation sites is 1. The number of nitrogens with zero attached hydrogens (tertiary/aromatic N) is 1. The van der Waals surface area contributed by atoms with Crippen molar-refractivity contribution in [3.63, 3.8) is 0 Å². The smallest absolute Gasteiger partial charge is 0.191 e. The molecule has 0 radical (unpaired) electrons. The van der Waals surface area contributed by atoms with E-state index in [1.807, 2.05) is 18.2 Å². The monoisotopic (exact) mass is 361 g/mol. The number of guanidine groups is 1. The van der Waals surface area contributed by atoms with E-state index in [1.54, 1.807) is 25.6 Å². The Morgan fingerprint density at radius 1 is 1.16 bits per heavy atom. The van der Waals surface area contributed by atoms with Crippen molar-refractivity contribution in [3.05, 3.63) is 46.2 Å². The van der Waals surface area contributed by atoms with Gasteiger partial charge in [-0.1, -0.05) is 25.1 Å². The van der Waals surface area contributed by atoms with E-state index in [2.05, 4.69) is 47.0 Å². The minimum Gasteiger partial charge on any atom is -0.493 e. The second kappa shape index (κ2) is 9.93. The van der Waals surface area contributed by atoms with E-state index in [0.717, 1.165) is 36.1 Å². The van der Waals surface area contributed by atoms with Crippen LogP contribution < -0.4 is 20.1 Å². The molecule has 0 saturated heterocycles. The number of rotatable bonds is 8. The number of thiophene rings is 1. The third-order valence-electron chi connectivity index (χ3n) is 3.84. The molecule has 2 N–H and O–H groups in total. The molecule has 0 fully saturated rings. The Morgan fingerprint density at radius 3 is 2.64 bits per heavy atom. The van der Waals surface area contributed by atoms with Crippen LogP contribution in [0.25, 0.3) is 0 Å². The second-order valence-corrected chi connectivity index (χ2v) is 6.62. The number of nitrogens with one attached hydrogen (secondary N) is 2. The van der Waals surface area contributed by atoms with Crippen LogP contribution in [0.15, 0.2) is 40.7 Å². The Morgan fingerprint density at radius 2 is 2.00 bits per heavy atom. The molecule has 1 heterocycles. The van der Waals surface area contributed by atoms with Crippen molar-refractivity contribution in [1.82, 2.24) is 10.6 Å². The van der Waals surface area contributed by atoms with Crippen molar-refractivity contribution in [1.29, 1.82) is 0 Å². The predicted molar refractivity (Wildman–Crippen MR) is 105 cm³/mol. The number of methoxy groups -OCH3 is 2. The maximum atomic E-state index is 5.47. The molecule has 1 aromatic carbocycles. The molecule has 5 nitrogen and oxygen atoms in total. The Balaban J connectivity index is 2.04. The zero-order valence-corrected chi connectivity index (χ0v) is 16.2. The van der Waals surface area contributed by atoms with Crippen molar-refractivity contribution >= 4 is 17.3 Å². The average Bonchev–Trinajstić information content (AvgIpc) is 3.18. The summed E-state index contributed by atoms with van der Waals surface area (Å²) in [6, 6.07) is 10.1. The van der Waals surface area contributed by atoms with Gasteiger partial charge >= 0.3 is 0 Å². The molecule has 0 amide bonds. The Bertz CT molecular complexity index is 671. The molecule has 0 spiro atoms. The lowest BCUT2D eigenvalue weighted by Gasteiger charge is -2.16. The van der Waals surface area contributed by atoms with Gasteiger partial charge < -0.3 is 20.1 Å². The highest BCUT2D eigenvalue weighted by Gasteiger charge is 2.10. The van der Waals surface area contributed by atoms with Gasteiger partial charge in [0.25, 0.3) is 0 Å². The Kier molecular flexibility index (Phi) is 7.60. The van der Waals surface area contributed by atoms with Gasteiger partial charge in [-0.3, -0.25) is 0 Å². The zero-order chi connectivity index (χ0) is 18.1. The van der Waals surface area contributed by atoms with Gasteiger partial charge in [0, 0.05) is 29.4 Å². The van der Waals surface area contributed by atoms with Gasteiger partial charge in [-0.2, -0.15) is 0 Å². The fourth-order valence-corrected chi connectivity index (χ4v) is 3.29. The number of hydrogen-bond acceptors (Lipinski definition) is 4. The number of benzene rings is 1. The molecule has 0 aliphatic rings. The fraction of sp³-hybridized carbons (Fsp3) is 0.421. The van der Waals surface area contributed by atoms with Gasteiger partial charge in [-0.15, -0.1) is 11.3 Å². The van der Waals surface area contributed by atoms with Gasteiger partial charge in [-0.05, 0) is 24.4 Å². The first-order chi connectivity index (χ1) is 12.2. The molecule has 136 valence electrons. The average molecular weight is 362 g/mol. The first-order valence-corrected chi connectivity index (χ1v) is 9.33. The van der Waals surface area contributed by atoms with Gasteiger partial charge in [0.05, 0.1) is 20.8 Å². The summed E-state index contributed by atoms with van der Waals surface area (Å²) in [6.07, 6.45) is 0. The first-order valence-electron chi connectivity index (χ1n) is 8.45. The van der Waals surface area contributed by atoms with Crippen molar-refractivity contribution in [3.8, 4) is 11.5 Å². The molecule has 0 saturated carbocycles. The lowest BCUT2D eigenvalue weighted by atomic mass is 10.1. The predicted octanol–water partition coefficient (Wildman–Crippen LogP) is 3.62. The SMILES string of the molecule is CCNC(=NCc1cccc(OC)c1OC)NCC(C)c1cccs1. The van der Waals surface area contributed by atoms with Gasteiger partial charge in [0.1, 0.15) is 0 Å². The summed E-state index contributed by atoms with van der Waals surface area (Å²) in [5.74, 6) is 2.70. The summed E-state index contributed by atoms with van der Waals surface area (Å²) in [5, 5.41) is 8.82. The van der Waals surface area contributed by atoms with Crippen molar-refractivity contribution in [2.45, 2.75) is 26.3 Å². The van der Waals surface area contributed by atoms with Gasteiger partial charge in [0.15, 0.2) is 17.5 Å². The highest BCUT2D eigenvalue weighted by molar-refractivity contribution is 7.10. The second-order valence-electron chi connectivity index (χ2n) is 5.65. The summed E-state index contributed by atoms with van der Waals surface area (Å²) in [6.45, 7) is 6.44. The van der Waals surface area contributed by atoms with E-state index in [0.29, 0.717) is 12.5 Å². The highest BCUT2D eigenvalue weighted by Crippen LogP contribution is 2.31. The van der Waals surface area contributed by atoms with Crippen LogP contribution in [0.1, 0.15) is 30.2 Å². The largest absolute Gasteiger partial charge is 0.493 e. The van der Waals surface area contributed by atoms with E-state index < -0.39 is 0 Å². The molecule has 25 heavy (non-hydrogen) atoms. The first kappa shape index (κ1) is 19.1. The third kappa shape index (κ3) is 5.39. The topological polar surface area (TPSA) is 54.9 Å². The number of hydrogen-bond donors (Lipinski definition) is 2. The summed E-state index contributed by atoms with van der Waals surface area (Å²) in [5.41, 5.74) is 0.991. The van der Waals surface area contributed by atoms with Crippen molar-refractivity contribution in [2.24, 2.45) is 4.99 Å². The van der Waals surface area contributed by atoms with E-state index >= 15 is 0 Å². The molecule has 0 aliphatic heterocycles. The molecular weight excluding hydrogens is 334 g/mol.